The van der Waals surface area contributed by atoms with Crippen molar-refractivity contribution in [2.75, 3.05) is 0 Å². The summed E-state index contributed by atoms with van der Waals surface area (Å²) in [4.78, 5) is 12.4. The van der Waals surface area contributed by atoms with Crippen LogP contribution in [0.15, 0.2) is 18.6 Å². The second-order valence-electron chi connectivity index (χ2n) is 5.91. The van der Waals surface area contributed by atoms with Gasteiger partial charge in [0.25, 0.3) is 0 Å². The molecule has 7 heteroatoms. The molecule has 118 valence electrons. The van der Waals surface area contributed by atoms with E-state index < -0.39 is 0 Å². The first-order valence-electron chi connectivity index (χ1n) is 7.53. The van der Waals surface area contributed by atoms with Crippen molar-refractivity contribution >= 4 is 17.5 Å². The van der Waals surface area contributed by atoms with Crippen LogP contribution in [-0.4, -0.2) is 25.5 Å². The molecule has 2 atom stereocenters. The van der Waals surface area contributed by atoms with Crippen molar-refractivity contribution < 1.29 is 4.79 Å². The van der Waals surface area contributed by atoms with E-state index in [9.17, 15) is 4.79 Å². The summed E-state index contributed by atoms with van der Waals surface area (Å²) in [5, 5.41) is 12.2. The lowest BCUT2D eigenvalue weighted by Crippen LogP contribution is -2.36. The molecule has 6 nitrogen and oxygen atoms in total. The highest BCUT2D eigenvalue weighted by molar-refractivity contribution is 6.30. The van der Waals surface area contributed by atoms with E-state index in [2.05, 4.69) is 15.5 Å². The monoisotopic (exact) mass is 321 g/mol. The number of rotatable bonds is 4. The van der Waals surface area contributed by atoms with E-state index in [0.717, 1.165) is 24.8 Å². The van der Waals surface area contributed by atoms with Crippen LogP contribution >= 0.6 is 11.6 Å². The largest absolute Gasteiger partial charge is 0.349 e. The van der Waals surface area contributed by atoms with Crippen molar-refractivity contribution in [3.63, 3.8) is 0 Å². The van der Waals surface area contributed by atoms with Crippen LogP contribution in [-0.2, 0) is 24.8 Å². The van der Waals surface area contributed by atoms with E-state index in [1.165, 1.54) is 5.69 Å². The second kappa shape index (κ2) is 6.12. The maximum Gasteiger partial charge on any atom is 0.225 e. The van der Waals surface area contributed by atoms with Crippen molar-refractivity contribution in [2.24, 2.45) is 13.0 Å². The van der Waals surface area contributed by atoms with Crippen LogP contribution in [0, 0.1) is 5.92 Å². The molecule has 1 aliphatic rings. The molecule has 0 aromatic carbocycles. The number of aromatic nitrogens is 4. The van der Waals surface area contributed by atoms with Crippen molar-refractivity contribution in [1.82, 2.24) is 24.9 Å². The van der Waals surface area contributed by atoms with Crippen LogP contribution in [0.5, 0.6) is 0 Å². The summed E-state index contributed by atoms with van der Waals surface area (Å²) in [6.07, 6.45) is 8.24. The first-order valence-corrected chi connectivity index (χ1v) is 7.91. The van der Waals surface area contributed by atoms with Gasteiger partial charge in [-0.2, -0.15) is 10.2 Å². The van der Waals surface area contributed by atoms with E-state index in [-0.39, 0.29) is 17.9 Å². The molecule has 2 heterocycles. The first-order chi connectivity index (χ1) is 10.5. The maximum absolute atomic E-state index is 12.4. The molecular weight excluding hydrogens is 302 g/mol. The zero-order valence-corrected chi connectivity index (χ0v) is 13.5. The lowest BCUT2D eigenvalue weighted by molar-refractivity contribution is -0.125. The minimum atomic E-state index is -0.169. The molecule has 0 saturated carbocycles. The number of fused-ring (bicyclic) bond motifs is 1. The third-order valence-corrected chi connectivity index (χ3v) is 4.40. The SMILES string of the molecule is CC(Cn1cc(Cl)cn1)C(=O)NC1CCCc2c1cnn2C. The van der Waals surface area contributed by atoms with Crippen LogP contribution in [0.2, 0.25) is 5.02 Å². The first kappa shape index (κ1) is 15.1. The van der Waals surface area contributed by atoms with E-state index in [1.54, 1.807) is 17.1 Å². The highest BCUT2D eigenvalue weighted by Crippen LogP contribution is 2.29. The Labute approximate surface area is 134 Å². The van der Waals surface area contributed by atoms with Crippen LogP contribution < -0.4 is 5.32 Å². The van der Waals surface area contributed by atoms with Gasteiger partial charge in [0.15, 0.2) is 0 Å². The minimum Gasteiger partial charge on any atom is -0.349 e. The van der Waals surface area contributed by atoms with Gasteiger partial charge in [-0.3, -0.25) is 14.2 Å². The van der Waals surface area contributed by atoms with Gasteiger partial charge < -0.3 is 5.32 Å². The van der Waals surface area contributed by atoms with Gasteiger partial charge in [-0.1, -0.05) is 18.5 Å². The predicted octanol–water partition coefficient (Wildman–Crippen LogP) is 2.10. The Morgan fingerprint density at radius 2 is 2.32 bits per heavy atom. The summed E-state index contributed by atoms with van der Waals surface area (Å²) in [7, 11) is 1.95. The Balaban J connectivity index is 1.64. The van der Waals surface area contributed by atoms with E-state index in [4.69, 9.17) is 11.6 Å². The van der Waals surface area contributed by atoms with Gasteiger partial charge in [0.2, 0.25) is 5.91 Å². The molecule has 3 rings (SSSR count). The maximum atomic E-state index is 12.4. The molecule has 1 amide bonds. The van der Waals surface area contributed by atoms with Crippen molar-refractivity contribution in [3.05, 3.63) is 34.9 Å². The predicted molar refractivity (Wildman–Crippen MR) is 83.4 cm³/mol. The third kappa shape index (κ3) is 3.02. The summed E-state index contributed by atoms with van der Waals surface area (Å²) in [5.74, 6) is -0.133. The molecule has 0 fully saturated rings. The Kier molecular flexibility index (Phi) is 4.20. The van der Waals surface area contributed by atoms with Gasteiger partial charge in [0.05, 0.1) is 35.9 Å². The minimum absolute atomic E-state index is 0.0355. The highest BCUT2D eigenvalue weighted by atomic mass is 35.5. The molecule has 2 unspecified atom stereocenters. The third-order valence-electron chi connectivity index (χ3n) is 4.20. The fourth-order valence-corrected chi connectivity index (χ4v) is 3.13. The molecule has 0 aliphatic heterocycles. The second-order valence-corrected chi connectivity index (χ2v) is 6.34. The summed E-state index contributed by atoms with van der Waals surface area (Å²) in [5.41, 5.74) is 2.37. The number of carbonyl (C=O) groups is 1. The van der Waals surface area contributed by atoms with Gasteiger partial charge in [-0.05, 0) is 19.3 Å². The number of hydrogen-bond donors (Lipinski definition) is 1. The molecular formula is C15H20ClN5O. The molecule has 1 N–H and O–H groups in total. The number of aryl methyl sites for hydroxylation is 1. The van der Waals surface area contributed by atoms with Gasteiger partial charge in [-0.15, -0.1) is 0 Å². The van der Waals surface area contributed by atoms with Gasteiger partial charge in [-0.25, -0.2) is 0 Å². The lowest BCUT2D eigenvalue weighted by atomic mass is 9.92. The molecule has 0 bridgehead atoms. The van der Waals surface area contributed by atoms with Crippen LogP contribution in [0.1, 0.15) is 37.1 Å². The van der Waals surface area contributed by atoms with Crippen molar-refractivity contribution in [1.29, 1.82) is 0 Å². The molecule has 0 radical (unpaired) electrons. The van der Waals surface area contributed by atoms with Crippen molar-refractivity contribution in [3.8, 4) is 0 Å². The average Bonchev–Trinajstić information content (AvgIpc) is 3.06. The fraction of sp³-hybridized carbons (Fsp3) is 0.533. The van der Waals surface area contributed by atoms with Gasteiger partial charge in [0, 0.05) is 24.5 Å². The Morgan fingerprint density at radius 3 is 3.05 bits per heavy atom. The highest BCUT2D eigenvalue weighted by Gasteiger charge is 2.26. The summed E-state index contributed by atoms with van der Waals surface area (Å²) >= 11 is 5.84. The normalized spacial score (nSPS) is 18.8. The number of hydrogen-bond acceptors (Lipinski definition) is 3. The zero-order chi connectivity index (χ0) is 15.7. The van der Waals surface area contributed by atoms with Crippen LogP contribution in [0.25, 0.3) is 0 Å². The smallest absolute Gasteiger partial charge is 0.225 e. The van der Waals surface area contributed by atoms with Gasteiger partial charge in [0.1, 0.15) is 0 Å². The molecule has 2 aromatic rings. The molecule has 22 heavy (non-hydrogen) atoms. The standard InChI is InChI=1S/C15H20ClN5O/c1-10(8-21-9-11(16)6-18-21)15(22)19-13-4-3-5-14-12(13)7-17-20(14)2/h6-7,9-10,13H,3-5,8H2,1-2H3,(H,19,22). The van der Waals surface area contributed by atoms with E-state index >= 15 is 0 Å². The number of nitrogens with one attached hydrogen (secondary N) is 1. The lowest BCUT2D eigenvalue weighted by Gasteiger charge is -2.25. The number of carbonyl (C=O) groups excluding carboxylic acids is 1. The summed E-state index contributed by atoms with van der Waals surface area (Å²) < 4.78 is 3.60. The number of amides is 1. The number of nitrogens with zero attached hydrogens (tertiary/aromatic N) is 4. The molecule has 0 saturated heterocycles. The van der Waals surface area contributed by atoms with E-state index in [1.807, 2.05) is 24.9 Å². The van der Waals surface area contributed by atoms with Crippen molar-refractivity contribution in [2.45, 2.75) is 38.8 Å². The Hall–Kier alpha value is -1.82. The summed E-state index contributed by atoms with van der Waals surface area (Å²) in [6.45, 7) is 2.42. The fourth-order valence-electron chi connectivity index (χ4n) is 2.97. The Morgan fingerprint density at radius 1 is 1.50 bits per heavy atom. The van der Waals surface area contributed by atoms with Crippen LogP contribution in [0.3, 0.4) is 0 Å². The van der Waals surface area contributed by atoms with Gasteiger partial charge >= 0.3 is 0 Å². The van der Waals surface area contributed by atoms with Crippen LogP contribution in [0.4, 0.5) is 0 Å². The quantitative estimate of drug-likeness (QED) is 0.938. The zero-order valence-electron chi connectivity index (χ0n) is 12.8. The number of halogens is 1. The summed E-state index contributed by atoms with van der Waals surface area (Å²) in [6, 6.07) is 0.0635. The average molecular weight is 322 g/mol. The Bertz CT molecular complexity index is 677. The van der Waals surface area contributed by atoms with E-state index in [0.29, 0.717) is 11.6 Å². The molecule has 2 aromatic heterocycles. The molecule has 0 spiro atoms. The topological polar surface area (TPSA) is 64.7 Å². The molecule has 1 aliphatic carbocycles.